The lowest BCUT2D eigenvalue weighted by Crippen LogP contribution is -2.38. The molecule has 0 saturated carbocycles. The SMILES string of the molecule is Cc1ccsc1C(=O)N1CCn2nnc(COc3cccnc3)c2C1. The molecule has 0 N–H and O–H groups in total. The summed E-state index contributed by atoms with van der Waals surface area (Å²) in [5.41, 5.74) is 2.70. The van der Waals surface area contributed by atoms with Crippen molar-refractivity contribution < 1.29 is 9.53 Å². The van der Waals surface area contributed by atoms with Crippen molar-refractivity contribution in [3.05, 3.63) is 57.8 Å². The lowest BCUT2D eigenvalue weighted by atomic mass is 10.2. The van der Waals surface area contributed by atoms with Crippen molar-refractivity contribution in [2.45, 2.75) is 26.6 Å². The highest BCUT2D eigenvalue weighted by atomic mass is 32.1. The van der Waals surface area contributed by atoms with Crippen LogP contribution < -0.4 is 4.74 Å². The second-order valence-electron chi connectivity index (χ2n) is 5.84. The molecule has 0 atom stereocenters. The molecule has 0 aromatic carbocycles. The van der Waals surface area contributed by atoms with Crippen LogP contribution in [0.3, 0.4) is 0 Å². The van der Waals surface area contributed by atoms with Gasteiger partial charge in [0.25, 0.3) is 5.91 Å². The largest absolute Gasteiger partial charge is 0.486 e. The third-order valence-electron chi connectivity index (χ3n) is 4.19. The number of amides is 1. The van der Waals surface area contributed by atoms with Gasteiger partial charge in [-0.2, -0.15) is 0 Å². The molecule has 3 aromatic rings. The fourth-order valence-corrected chi connectivity index (χ4v) is 3.69. The molecule has 8 heteroatoms. The second kappa shape index (κ2) is 6.64. The number of hydrogen-bond acceptors (Lipinski definition) is 6. The van der Waals surface area contributed by atoms with Crippen LogP contribution in [0.4, 0.5) is 0 Å². The molecule has 3 aromatic heterocycles. The Morgan fingerprint density at radius 3 is 3.04 bits per heavy atom. The molecule has 0 fully saturated rings. The monoisotopic (exact) mass is 355 g/mol. The fraction of sp³-hybridized carbons (Fsp3) is 0.294. The summed E-state index contributed by atoms with van der Waals surface area (Å²) in [7, 11) is 0. The normalized spacial score (nSPS) is 13.6. The van der Waals surface area contributed by atoms with Gasteiger partial charge in [-0.3, -0.25) is 9.78 Å². The van der Waals surface area contributed by atoms with E-state index in [1.54, 1.807) is 12.4 Å². The van der Waals surface area contributed by atoms with Gasteiger partial charge in [-0.25, -0.2) is 4.68 Å². The Morgan fingerprint density at radius 1 is 1.36 bits per heavy atom. The summed E-state index contributed by atoms with van der Waals surface area (Å²) in [6, 6.07) is 5.64. The van der Waals surface area contributed by atoms with Crippen molar-refractivity contribution in [1.82, 2.24) is 24.9 Å². The van der Waals surface area contributed by atoms with Gasteiger partial charge in [0, 0.05) is 12.7 Å². The minimum absolute atomic E-state index is 0.0686. The molecule has 4 heterocycles. The number of aryl methyl sites for hydroxylation is 1. The van der Waals surface area contributed by atoms with Crippen LogP contribution in [-0.2, 0) is 19.7 Å². The third-order valence-corrected chi connectivity index (χ3v) is 5.20. The van der Waals surface area contributed by atoms with E-state index in [4.69, 9.17) is 4.74 Å². The Bertz CT molecular complexity index is 890. The van der Waals surface area contributed by atoms with Gasteiger partial charge in [-0.05, 0) is 36.1 Å². The highest BCUT2D eigenvalue weighted by Gasteiger charge is 2.27. The number of rotatable bonds is 4. The maximum Gasteiger partial charge on any atom is 0.264 e. The zero-order valence-electron chi connectivity index (χ0n) is 13.8. The minimum atomic E-state index is 0.0686. The Hall–Kier alpha value is -2.74. The molecule has 0 unspecified atom stereocenters. The van der Waals surface area contributed by atoms with E-state index in [9.17, 15) is 4.79 Å². The van der Waals surface area contributed by atoms with Crippen molar-refractivity contribution in [2.75, 3.05) is 6.54 Å². The molecular formula is C17H17N5O2S. The highest BCUT2D eigenvalue weighted by Crippen LogP contribution is 2.22. The lowest BCUT2D eigenvalue weighted by molar-refractivity contribution is 0.0708. The predicted molar refractivity (Wildman–Crippen MR) is 92.4 cm³/mol. The van der Waals surface area contributed by atoms with E-state index >= 15 is 0 Å². The fourth-order valence-electron chi connectivity index (χ4n) is 2.80. The maximum atomic E-state index is 12.8. The zero-order chi connectivity index (χ0) is 17.2. The zero-order valence-corrected chi connectivity index (χ0v) is 14.6. The summed E-state index contributed by atoms with van der Waals surface area (Å²) in [5.74, 6) is 0.751. The minimum Gasteiger partial charge on any atom is -0.486 e. The molecule has 25 heavy (non-hydrogen) atoms. The first-order valence-corrected chi connectivity index (χ1v) is 8.88. The number of fused-ring (bicyclic) bond motifs is 1. The van der Waals surface area contributed by atoms with Gasteiger partial charge >= 0.3 is 0 Å². The summed E-state index contributed by atoms with van der Waals surface area (Å²) in [4.78, 5) is 19.4. The Morgan fingerprint density at radius 2 is 2.28 bits per heavy atom. The molecule has 7 nitrogen and oxygen atoms in total. The summed E-state index contributed by atoms with van der Waals surface area (Å²) in [5, 5.41) is 10.3. The predicted octanol–water partition coefficient (Wildman–Crippen LogP) is 2.28. The van der Waals surface area contributed by atoms with Crippen molar-refractivity contribution in [2.24, 2.45) is 0 Å². The first kappa shape index (κ1) is 15.8. The molecule has 0 bridgehead atoms. The van der Waals surface area contributed by atoms with Gasteiger partial charge < -0.3 is 9.64 Å². The van der Waals surface area contributed by atoms with E-state index in [-0.39, 0.29) is 5.91 Å². The average Bonchev–Trinajstić information content (AvgIpc) is 3.26. The molecule has 0 aliphatic carbocycles. The van der Waals surface area contributed by atoms with Crippen LogP contribution in [0.25, 0.3) is 0 Å². The van der Waals surface area contributed by atoms with Gasteiger partial charge in [0.15, 0.2) is 0 Å². The number of hydrogen-bond donors (Lipinski definition) is 0. The second-order valence-corrected chi connectivity index (χ2v) is 6.76. The number of ether oxygens (including phenoxy) is 1. The van der Waals surface area contributed by atoms with Gasteiger partial charge in [-0.1, -0.05) is 5.21 Å². The first-order valence-electron chi connectivity index (χ1n) is 8.00. The van der Waals surface area contributed by atoms with Crippen molar-refractivity contribution in [1.29, 1.82) is 0 Å². The number of nitrogens with zero attached hydrogens (tertiary/aromatic N) is 5. The molecule has 1 aliphatic rings. The molecule has 0 radical (unpaired) electrons. The number of aromatic nitrogens is 4. The quantitative estimate of drug-likeness (QED) is 0.718. The molecule has 4 rings (SSSR count). The van der Waals surface area contributed by atoms with E-state index in [1.165, 1.54) is 11.3 Å². The Kier molecular flexibility index (Phi) is 4.19. The smallest absolute Gasteiger partial charge is 0.264 e. The van der Waals surface area contributed by atoms with Gasteiger partial charge in [-0.15, -0.1) is 16.4 Å². The number of pyridine rings is 1. The van der Waals surface area contributed by atoms with Crippen LogP contribution in [0, 0.1) is 6.92 Å². The van der Waals surface area contributed by atoms with Crippen LogP contribution >= 0.6 is 11.3 Å². The summed E-state index contributed by atoms with van der Waals surface area (Å²) in [6.07, 6.45) is 3.36. The summed E-state index contributed by atoms with van der Waals surface area (Å²) < 4.78 is 7.58. The van der Waals surface area contributed by atoms with E-state index in [0.29, 0.717) is 32.0 Å². The van der Waals surface area contributed by atoms with E-state index in [2.05, 4.69) is 15.3 Å². The van der Waals surface area contributed by atoms with Gasteiger partial charge in [0.05, 0.1) is 29.9 Å². The number of carbonyl (C=O) groups excluding carboxylic acids is 1. The summed E-state index contributed by atoms with van der Waals surface area (Å²) >= 11 is 1.49. The summed E-state index contributed by atoms with van der Waals surface area (Å²) in [6.45, 7) is 4.05. The van der Waals surface area contributed by atoms with Crippen LogP contribution in [0.15, 0.2) is 36.0 Å². The van der Waals surface area contributed by atoms with Crippen LogP contribution in [0.2, 0.25) is 0 Å². The lowest BCUT2D eigenvalue weighted by Gasteiger charge is -2.27. The van der Waals surface area contributed by atoms with E-state index in [1.807, 2.05) is 40.1 Å². The third kappa shape index (κ3) is 3.12. The van der Waals surface area contributed by atoms with Crippen molar-refractivity contribution in [3.8, 4) is 5.75 Å². The van der Waals surface area contributed by atoms with Gasteiger partial charge in [0.1, 0.15) is 18.1 Å². The number of thiophene rings is 1. The Balaban J connectivity index is 1.49. The molecule has 128 valence electrons. The Labute approximate surface area is 148 Å². The van der Waals surface area contributed by atoms with E-state index in [0.717, 1.165) is 21.8 Å². The molecule has 0 saturated heterocycles. The van der Waals surface area contributed by atoms with Crippen LogP contribution in [0.5, 0.6) is 5.75 Å². The standard InChI is InChI=1S/C17H17N5O2S/c1-12-4-8-25-16(12)17(23)21-6-7-22-15(10-21)14(19-20-22)11-24-13-3-2-5-18-9-13/h2-5,8-9H,6-7,10-11H2,1H3. The highest BCUT2D eigenvalue weighted by molar-refractivity contribution is 7.12. The van der Waals surface area contributed by atoms with Crippen LogP contribution in [0.1, 0.15) is 26.6 Å². The molecule has 1 amide bonds. The number of carbonyl (C=O) groups is 1. The van der Waals surface area contributed by atoms with Crippen molar-refractivity contribution >= 4 is 17.2 Å². The van der Waals surface area contributed by atoms with Crippen LogP contribution in [-0.4, -0.2) is 37.3 Å². The van der Waals surface area contributed by atoms with Crippen molar-refractivity contribution in [3.63, 3.8) is 0 Å². The molecule has 0 spiro atoms. The topological polar surface area (TPSA) is 73.1 Å². The molecular weight excluding hydrogens is 338 g/mol. The first-order chi connectivity index (χ1) is 12.2. The average molecular weight is 355 g/mol. The van der Waals surface area contributed by atoms with E-state index < -0.39 is 0 Å². The maximum absolute atomic E-state index is 12.8. The molecule has 1 aliphatic heterocycles. The van der Waals surface area contributed by atoms with Gasteiger partial charge in [0.2, 0.25) is 0 Å².